The highest BCUT2D eigenvalue weighted by atomic mass is 16.3. The van der Waals surface area contributed by atoms with Crippen LogP contribution >= 0.6 is 0 Å². The van der Waals surface area contributed by atoms with Crippen molar-refractivity contribution in [2.24, 2.45) is 5.92 Å². The van der Waals surface area contributed by atoms with Crippen molar-refractivity contribution in [1.82, 2.24) is 4.90 Å². The number of hydrogen-bond donors (Lipinski definition) is 1. The van der Waals surface area contributed by atoms with Gasteiger partial charge in [-0.1, -0.05) is 6.92 Å². The van der Waals surface area contributed by atoms with Crippen molar-refractivity contribution in [2.75, 3.05) is 13.1 Å². The molecule has 0 radical (unpaired) electrons. The number of aliphatic hydroxyl groups is 1. The van der Waals surface area contributed by atoms with Crippen LogP contribution in [0.3, 0.4) is 0 Å². The minimum Gasteiger partial charge on any atom is -0.393 e. The van der Waals surface area contributed by atoms with E-state index in [4.69, 9.17) is 0 Å². The minimum absolute atomic E-state index is 0.125. The number of nitrogens with zero attached hydrogens (tertiary/aromatic N) is 1. The molecule has 12 heavy (non-hydrogen) atoms. The average molecular weight is 171 g/mol. The highest BCUT2D eigenvalue weighted by Crippen LogP contribution is 2.19. The third-order valence-electron chi connectivity index (χ3n) is 2.66. The lowest BCUT2D eigenvalue weighted by atomic mass is 9.92. The van der Waals surface area contributed by atoms with Gasteiger partial charge in [0.25, 0.3) is 0 Å². The second-order valence-electron chi connectivity index (χ2n) is 3.49. The molecule has 1 N–H and O–H groups in total. The summed E-state index contributed by atoms with van der Waals surface area (Å²) in [7, 11) is 0. The predicted molar refractivity (Wildman–Crippen MR) is 46.7 cm³/mol. The lowest BCUT2D eigenvalue weighted by Crippen LogP contribution is -2.44. The number of carbonyl (C=O) groups is 1. The van der Waals surface area contributed by atoms with Crippen LogP contribution in [-0.2, 0) is 4.79 Å². The lowest BCUT2D eigenvalue weighted by Gasteiger charge is -2.35. The highest BCUT2D eigenvalue weighted by Gasteiger charge is 2.27. The third-order valence-corrected chi connectivity index (χ3v) is 2.66. The second-order valence-corrected chi connectivity index (χ2v) is 3.49. The first-order valence-electron chi connectivity index (χ1n) is 4.58. The monoisotopic (exact) mass is 171 g/mol. The molecular formula is C9H17NO2. The molecule has 0 unspecified atom stereocenters. The van der Waals surface area contributed by atoms with E-state index in [0.717, 1.165) is 19.4 Å². The summed E-state index contributed by atoms with van der Waals surface area (Å²) >= 11 is 0. The normalized spacial score (nSPS) is 30.4. The SMILES string of the molecule is CC[C@@H]1CN(C(C)=O)CC[C@@H]1O. The number of aliphatic hydroxyl groups excluding tert-OH is 1. The molecule has 0 aliphatic carbocycles. The van der Waals surface area contributed by atoms with Gasteiger partial charge in [-0.3, -0.25) is 4.79 Å². The molecule has 0 spiro atoms. The van der Waals surface area contributed by atoms with Gasteiger partial charge in [0.05, 0.1) is 6.10 Å². The van der Waals surface area contributed by atoms with Crippen molar-refractivity contribution in [3.8, 4) is 0 Å². The predicted octanol–water partition coefficient (Wildman–Crippen LogP) is 0.626. The molecule has 3 heteroatoms. The minimum atomic E-state index is -0.203. The summed E-state index contributed by atoms with van der Waals surface area (Å²) in [6.45, 7) is 5.09. The van der Waals surface area contributed by atoms with Crippen LogP contribution < -0.4 is 0 Å². The van der Waals surface area contributed by atoms with Gasteiger partial charge in [-0.15, -0.1) is 0 Å². The van der Waals surface area contributed by atoms with Crippen LogP contribution in [0.25, 0.3) is 0 Å². The Kier molecular flexibility index (Phi) is 3.09. The van der Waals surface area contributed by atoms with E-state index in [0.29, 0.717) is 6.54 Å². The van der Waals surface area contributed by atoms with E-state index >= 15 is 0 Å². The fourth-order valence-corrected chi connectivity index (χ4v) is 1.71. The summed E-state index contributed by atoms with van der Waals surface area (Å²) in [5, 5.41) is 9.53. The molecule has 0 bridgehead atoms. The van der Waals surface area contributed by atoms with Crippen molar-refractivity contribution in [3.63, 3.8) is 0 Å². The number of hydrogen-bond acceptors (Lipinski definition) is 2. The maximum absolute atomic E-state index is 11.0. The van der Waals surface area contributed by atoms with E-state index in [2.05, 4.69) is 6.92 Å². The van der Waals surface area contributed by atoms with E-state index in [1.807, 2.05) is 4.90 Å². The molecule has 3 nitrogen and oxygen atoms in total. The van der Waals surface area contributed by atoms with Gasteiger partial charge < -0.3 is 10.0 Å². The molecule has 1 rings (SSSR count). The number of rotatable bonds is 1. The van der Waals surface area contributed by atoms with Gasteiger partial charge in [0.2, 0.25) is 5.91 Å². The molecule has 2 atom stereocenters. The molecule has 70 valence electrons. The van der Waals surface area contributed by atoms with Gasteiger partial charge in [0.1, 0.15) is 0 Å². The van der Waals surface area contributed by atoms with E-state index in [9.17, 15) is 9.90 Å². The zero-order valence-electron chi connectivity index (χ0n) is 7.79. The lowest BCUT2D eigenvalue weighted by molar-refractivity contribution is -0.132. The molecule has 0 aromatic heterocycles. The van der Waals surface area contributed by atoms with Crippen molar-refractivity contribution >= 4 is 5.91 Å². The Morgan fingerprint density at radius 1 is 1.67 bits per heavy atom. The summed E-state index contributed by atoms with van der Waals surface area (Å²) in [6, 6.07) is 0. The van der Waals surface area contributed by atoms with Crippen molar-refractivity contribution in [2.45, 2.75) is 32.8 Å². The van der Waals surface area contributed by atoms with Gasteiger partial charge >= 0.3 is 0 Å². The number of likely N-dealkylation sites (tertiary alicyclic amines) is 1. The first kappa shape index (κ1) is 9.52. The first-order chi connectivity index (χ1) is 5.65. The molecule has 1 amide bonds. The zero-order valence-corrected chi connectivity index (χ0v) is 7.79. The van der Waals surface area contributed by atoms with Gasteiger partial charge in [0.15, 0.2) is 0 Å². The fourth-order valence-electron chi connectivity index (χ4n) is 1.71. The summed E-state index contributed by atoms with van der Waals surface area (Å²) in [5.41, 5.74) is 0. The summed E-state index contributed by atoms with van der Waals surface area (Å²) < 4.78 is 0. The van der Waals surface area contributed by atoms with Gasteiger partial charge in [-0.25, -0.2) is 0 Å². The van der Waals surface area contributed by atoms with Crippen LogP contribution in [0.1, 0.15) is 26.7 Å². The summed E-state index contributed by atoms with van der Waals surface area (Å²) in [5.74, 6) is 0.406. The molecule has 1 fully saturated rings. The smallest absolute Gasteiger partial charge is 0.219 e. The molecule has 0 saturated carbocycles. The van der Waals surface area contributed by atoms with Crippen LogP contribution in [0.4, 0.5) is 0 Å². The van der Waals surface area contributed by atoms with Gasteiger partial charge in [0, 0.05) is 25.9 Å². The van der Waals surface area contributed by atoms with Gasteiger partial charge in [-0.2, -0.15) is 0 Å². The Bertz CT molecular complexity index is 170. The summed E-state index contributed by atoms with van der Waals surface area (Å²) in [4.78, 5) is 12.8. The number of amides is 1. The molecule has 1 saturated heterocycles. The zero-order chi connectivity index (χ0) is 9.14. The Balaban J connectivity index is 2.49. The topological polar surface area (TPSA) is 40.5 Å². The first-order valence-corrected chi connectivity index (χ1v) is 4.58. The van der Waals surface area contributed by atoms with Crippen LogP contribution in [-0.4, -0.2) is 35.1 Å². The van der Waals surface area contributed by atoms with E-state index < -0.39 is 0 Å². The molecule has 0 aromatic carbocycles. The van der Waals surface area contributed by atoms with E-state index in [-0.39, 0.29) is 17.9 Å². The standard InChI is InChI=1S/C9H17NO2/c1-3-8-6-10(7(2)11)5-4-9(8)12/h8-9,12H,3-6H2,1-2H3/t8-,9+/m1/s1. The fraction of sp³-hybridized carbons (Fsp3) is 0.889. The van der Waals surface area contributed by atoms with Crippen LogP contribution in [0.15, 0.2) is 0 Å². The largest absolute Gasteiger partial charge is 0.393 e. The Morgan fingerprint density at radius 3 is 2.83 bits per heavy atom. The third kappa shape index (κ3) is 1.97. The maximum atomic E-state index is 11.0. The van der Waals surface area contributed by atoms with E-state index in [1.54, 1.807) is 6.92 Å². The Hall–Kier alpha value is -0.570. The average Bonchev–Trinajstić information content (AvgIpc) is 2.05. The van der Waals surface area contributed by atoms with Crippen LogP contribution in [0.5, 0.6) is 0 Å². The Labute approximate surface area is 73.4 Å². The second kappa shape index (κ2) is 3.90. The van der Waals surface area contributed by atoms with Crippen LogP contribution in [0.2, 0.25) is 0 Å². The molecule has 1 heterocycles. The number of piperidine rings is 1. The highest BCUT2D eigenvalue weighted by molar-refractivity contribution is 5.73. The van der Waals surface area contributed by atoms with Crippen molar-refractivity contribution in [3.05, 3.63) is 0 Å². The molecular weight excluding hydrogens is 154 g/mol. The quantitative estimate of drug-likeness (QED) is 0.628. The maximum Gasteiger partial charge on any atom is 0.219 e. The van der Waals surface area contributed by atoms with Crippen LogP contribution in [0, 0.1) is 5.92 Å². The summed E-state index contributed by atoms with van der Waals surface area (Å²) in [6.07, 6.45) is 1.48. The molecule has 1 aliphatic heterocycles. The molecule has 0 aromatic rings. The number of carbonyl (C=O) groups excluding carboxylic acids is 1. The Morgan fingerprint density at radius 2 is 2.33 bits per heavy atom. The molecule has 1 aliphatic rings. The van der Waals surface area contributed by atoms with E-state index in [1.165, 1.54) is 0 Å². The van der Waals surface area contributed by atoms with Crippen molar-refractivity contribution < 1.29 is 9.90 Å². The van der Waals surface area contributed by atoms with Crippen molar-refractivity contribution in [1.29, 1.82) is 0 Å². The van der Waals surface area contributed by atoms with Gasteiger partial charge in [-0.05, 0) is 12.8 Å².